The lowest BCUT2D eigenvalue weighted by Crippen LogP contribution is -2.29. The third-order valence-corrected chi connectivity index (χ3v) is 3.85. The second-order valence-electron chi connectivity index (χ2n) is 4.25. The number of hydrogen-bond donors (Lipinski definition) is 3. The number of amides is 1. The predicted molar refractivity (Wildman–Crippen MR) is 78.2 cm³/mol. The first-order valence-electron chi connectivity index (χ1n) is 6.06. The van der Waals surface area contributed by atoms with Gasteiger partial charge in [-0.3, -0.25) is 10.2 Å². The molecule has 0 saturated heterocycles. The van der Waals surface area contributed by atoms with Crippen molar-refractivity contribution in [2.75, 3.05) is 0 Å². The van der Waals surface area contributed by atoms with Gasteiger partial charge in [-0.2, -0.15) is 0 Å². The van der Waals surface area contributed by atoms with Gasteiger partial charge in [0.05, 0.1) is 10.8 Å². The average Bonchev–Trinajstić information content (AvgIpc) is 3.10. The van der Waals surface area contributed by atoms with Crippen LogP contribution in [0.5, 0.6) is 0 Å². The minimum atomic E-state index is -0.424. The second kappa shape index (κ2) is 5.44. The van der Waals surface area contributed by atoms with Crippen molar-refractivity contribution in [1.82, 2.24) is 10.4 Å². The SMILES string of the molecule is NNC(=O)c1ccc(CSc2cc3ccccc3[nH]2)o1. The number of nitrogens with two attached hydrogens (primary N) is 1. The zero-order valence-corrected chi connectivity index (χ0v) is 11.4. The molecule has 2 heterocycles. The number of H-pyrrole nitrogens is 1. The zero-order valence-electron chi connectivity index (χ0n) is 10.6. The number of rotatable bonds is 4. The molecule has 6 heteroatoms. The van der Waals surface area contributed by atoms with Crippen LogP contribution in [-0.2, 0) is 5.75 Å². The molecule has 0 unspecified atom stereocenters. The normalized spacial score (nSPS) is 10.8. The van der Waals surface area contributed by atoms with Crippen LogP contribution in [0, 0.1) is 0 Å². The molecule has 102 valence electrons. The summed E-state index contributed by atoms with van der Waals surface area (Å²) in [4.78, 5) is 14.6. The highest BCUT2D eigenvalue weighted by Crippen LogP contribution is 2.26. The first kappa shape index (κ1) is 12.8. The fraction of sp³-hybridized carbons (Fsp3) is 0.0714. The van der Waals surface area contributed by atoms with Crippen LogP contribution in [0.25, 0.3) is 10.9 Å². The van der Waals surface area contributed by atoms with E-state index < -0.39 is 5.91 Å². The monoisotopic (exact) mass is 287 g/mol. The van der Waals surface area contributed by atoms with Gasteiger partial charge in [0.15, 0.2) is 5.76 Å². The van der Waals surface area contributed by atoms with Gasteiger partial charge in [-0.1, -0.05) is 18.2 Å². The van der Waals surface area contributed by atoms with Crippen LogP contribution in [0.2, 0.25) is 0 Å². The zero-order chi connectivity index (χ0) is 13.9. The van der Waals surface area contributed by atoms with Crippen molar-refractivity contribution in [3.8, 4) is 0 Å². The van der Waals surface area contributed by atoms with E-state index in [1.165, 1.54) is 5.39 Å². The van der Waals surface area contributed by atoms with E-state index in [1.807, 2.05) is 23.6 Å². The molecule has 3 aromatic rings. The molecule has 3 rings (SSSR count). The molecule has 0 radical (unpaired) electrons. The summed E-state index contributed by atoms with van der Waals surface area (Å²) < 4.78 is 5.41. The van der Waals surface area contributed by atoms with Crippen molar-refractivity contribution >= 4 is 28.6 Å². The van der Waals surface area contributed by atoms with Gasteiger partial charge < -0.3 is 9.40 Å². The van der Waals surface area contributed by atoms with E-state index in [-0.39, 0.29) is 5.76 Å². The summed E-state index contributed by atoms with van der Waals surface area (Å²) in [5.74, 6) is 6.22. The maximum Gasteiger partial charge on any atom is 0.300 e. The Labute approximate surface area is 119 Å². The van der Waals surface area contributed by atoms with Crippen LogP contribution in [0.15, 0.2) is 51.9 Å². The van der Waals surface area contributed by atoms with E-state index in [1.54, 1.807) is 23.9 Å². The number of hydrazine groups is 1. The highest BCUT2D eigenvalue weighted by molar-refractivity contribution is 7.98. The Morgan fingerprint density at radius 1 is 1.30 bits per heavy atom. The molecule has 0 fully saturated rings. The van der Waals surface area contributed by atoms with Gasteiger partial charge in [-0.05, 0) is 24.3 Å². The van der Waals surface area contributed by atoms with E-state index >= 15 is 0 Å². The van der Waals surface area contributed by atoms with Crippen molar-refractivity contribution in [2.45, 2.75) is 10.8 Å². The fourth-order valence-electron chi connectivity index (χ4n) is 1.92. The van der Waals surface area contributed by atoms with Crippen molar-refractivity contribution in [3.05, 3.63) is 54.0 Å². The highest BCUT2D eigenvalue weighted by atomic mass is 32.2. The van der Waals surface area contributed by atoms with Crippen molar-refractivity contribution in [3.63, 3.8) is 0 Å². The second-order valence-corrected chi connectivity index (χ2v) is 5.27. The summed E-state index contributed by atoms with van der Waals surface area (Å²) in [7, 11) is 0. The van der Waals surface area contributed by atoms with Crippen LogP contribution in [0.1, 0.15) is 16.3 Å². The predicted octanol–water partition coefficient (Wildman–Crippen LogP) is 2.66. The standard InChI is InChI=1S/C14H13N3O2S/c15-17-14(18)12-6-5-10(19-12)8-20-13-7-9-3-1-2-4-11(9)16-13/h1-7,16H,8,15H2,(H,17,18). The Balaban J connectivity index is 1.69. The summed E-state index contributed by atoms with van der Waals surface area (Å²) in [5, 5.41) is 2.24. The molecule has 20 heavy (non-hydrogen) atoms. The summed E-state index contributed by atoms with van der Waals surface area (Å²) in [6.07, 6.45) is 0. The number of thioether (sulfide) groups is 1. The molecule has 0 aliphatic heterocycles. The lowest BCUT2D eigenvalue weighted by atomic mass is 10.3. The number of furan rings is 1. The van der Waals surface area contributed by atoms with Gasteiger partial charge in [0.2, 0.25) is 0 Å². The van der Waals surface area contributed by atoms with Gasteiger partial charge in [-0.15, -0.1) is 11.8 Å². The number of nitrogens with one attached hydrogen (secondary N) is 2. The van der Waals surface area contributed by atoms with E-state index in [0.29, 0.717) is 5.75 Å². The first-order valence-corrected chi connectivity index (χ1v) is 7.05. The summed E-state index contributed by atoms with van der Waals surface area (Å²) in [6, 6.07) is 13.6. The number of aromatic nitrogens is 1. The number of benzene rings is 1. The molecule has 0 bridgehead atoms. The van der Waals surface area contributed by atoms with E-state index in [0.717, 1.165) is 16.3 Å². The van der Waals surface area contributed by atoms with Crippen molar-refractivity contribution in [1.29, 1.82) is 0 Å². The summed E-state index contributed by atoms with van der Waals surface area (Å²) >= 11 is 1.62. The molecule has 0 atom stereocenters. The van der Waals surface area contributed by atoms with E-state index in [2.05, 4.69) is 17.1 Å². The molecule has 0 spiro atoms. The molecular weight excluding hydrogens is 274 g/mol. The molecular formula is C14H13N3O2S. The Hall–Kier alpha value is -2.18. The number of hydrogen-bond acceptors (Lipinski definition) is 4. The van der Waals surface area contributed by atoms with Gasteiger partial charge in [0.1, 0.15) is 5.76 Å². The maximum atomic E-state index is 11.3. The van der Waals surface area contributed by atoms with Crippen molar-refractivity contribution in [2.24, 2.45) is 5.84 Å². The third-order valence-electron chi connectivity index (χ3n) is 2.89. The third kappa shape index (κ3) is 2.56. The first-order chi connectivity index (χ1) is 9.76. The Bertz CT molecular complexity index is 715. The molecule has 1 aromatic carbocycles. The average molecular weight is 287 g/mol. The van der Waals surface area contributed by atoms with Gasteiger partial charge >= 0.3 is 5.91 Å². The quantitative estimate of drug-likeness (QED) is 0.298. The number of fused-ring (bicyclic) bond motifs is 1. The summed E-state index contributed by atoms with van der Waals surface area (Å²) in [5.41, 5.74) is 3.15. The number of para-hydroxylation sites is 1. The summed E-state index contributed by atoms with van der Waals surface area (Å²) in [6.45, 7) is 0. The number of carbonyl (C=O) groups excluding carboxylic acids is 1. The van der Waals surface area contributed by atoms with Crippen LogP contribution >= 0.6 is 11.8 Å². The van der Waals surface area contributed by atoms with Gasteiger partial charge in [0, 0.05) is 10.9 Å². The fourth-order valence-corrected chi connectivity index (χ4v) is 2.77. The van der Waals surface area contributed by atoms with Crippen LogP contribution in [0.4, 0.5) is 0 Å². The van der Waals surface area contributed by atoms with Crippen LogP contribution < -0.4 is 11.3 Å². The highest BCUT2D eigenvalue weighted by Gasteiger charge is 2.10. The topological polar surface area (TPSA) is 84.0 Å². The van der Waals surface area contributed by atoms with Gasteiger partial charge in [-0.25, -0.2) is 5.84 Å². The Morgan fingerprint density at radius 3 is 2.95 bits per heavy atom. The number of carbonyl (C=O) groups is 1. The van der Waals surface area contributed by atoms with Crippen LogP contribution in [-0.4, -0.2) is 10.9 Å². The lowest BCUT2D eigenvalue weighted by molar-refractivity contribution is 0.0924. The van der Waals surface area contributed by atoms with Crippen LogP contribution in [0.3, 0.4) is 0 Å². The molecule has 0 aliphatic carbocycles. The van der Waals surface area contributed by atoms with E-state index in [9.17, 15) is 4.79 Å². The van der Waals surface area contributed by atoms with Crippen molar-refractivity contribution < 1.29 is 9.21 Å². The minimum absolute atomic E-state index is 0.222. The number of nitrogen functional groups attached to an aromatic ring is 1. The number of aromatic amines is 1. The molecule has 0 aliphatic rings. The molecule has 0 saturated carbocycles. The van der Waals surface area contributed by atoms with Gasteiger partial charge in [0.25, 0.3) is 0 Å². The Kier molecular flexibility index (Phi) is 3.49. The molecule has 5 nitrogen and oxygen atoms in total. The molecule has 2 aromatic heterocycles. The Morgan fingerprint density at radius 2 is 2.15 bits per heavy atom. The van der Waals surface area contributed by atoms with E-state index in [4.69, 9.17) is 10.3 Å². The maximum absolute atomic E-state index is 11.3. The molecule has 1 amide bonds. The minimum Gasteiger partial charge on any atom is -0.455 e. The molecule has 4 N–H and O–H groups in total. The lowest BCUT2D eigenvalue weighted by Gasteiger charge is -1.96. The largest absolute Gasteiger partial charge is 0.455 e. The smallest absolute Gasteiger partial charge is 0.300 e.